The SMILES string of the molecule is CCNC(Cc1nc(-c2cccc(Br)c2)no1)C(C)(C)C. The highest BCUT2D eigenvalue weighted by atomic mass is 79.9. The average molecular weight is 352 g/mol. The van der Waals surface area contributed by atoms with Crippen LogP contribution in [0.3, 0.4) is 0 Å². The van der Waals surface area contributed by atoms with Crippen LogP contribution in [0.1, 0.15) is 33.6 Å². The standard InChI is InChI=1S/C16H22BrN3O/c1-5-18-13(16(2,3)4)10-14-19-15(20-21-14)11-7-6-8-12(17)9-11/h6-9,13,18H,5,10H2,1-4H3. The number of aromatic nitrogens is 2. The van der Waals surface area contributed by atoms with Gasteiger partial charge in [-0.2, -0.15) is 4.98 Å². The molecule has 2 aromatic rings. The first-order chi connectivity index (χ1) is 9.90. The maximum absolute atomic E-state index is 5.41. The molecule has 0 saturated carbocycles. The summed E-state index contributed by atoms with van der Waals surface area (Å²) in [7, 11) is 0. The van der Waals surface area contributed by atoms with Gasteiger partial charge in [-0.15, -0.1) is 0 Å². The van der Waals surface area contributed by atoms with Gasteiger partial charge in [0.2, 0.25) is 11.7 Å². The quantitative estimate of drug-likeness (QED) is 0.882. The lowest BCUT2D eigenvalue weighted by molar-refractivity contribution is 0.247. The summed E-state index contributed by atoms with van der Waals surface area (Å²) < 4.78 is 6.42. The fourth-order valence-corrected chi connectivity index (χ4v) is 2.59. The van der Waals surface area contributed by atoms with Crippen LogP contribution in [0.15, 0.2) is 33.3 Å². The molecule has 4 nitrogen and oxygen atoms in total. The Morgan fingerprint density at radius 3 is 2.71 bits per heavy atom. The van der Waals surface area contributed by atoms with Gasteiger partial charge in [0.05, 0.1) is 0 Å². The predicted molar refractivity (Wildman–Crippen MR) is 88.1 cm³/mol. The fourth-order valence-electron chi connectivity index (χ4n) is 2.19. The number of hydrogen-bond acceptors (Lipinski definition) is 4. The third-order valence-electron chi connectivity index (χ3n) is 3.43. The molecule has 1 unspecified atom stereocenters. The molecule has 0 aliphatic carbocycles. The van der Waals surface area contributed by atoms with E-state index in [1.165, 1.54) is 0 Å². The van der Waals surface area contributed by atoms with Crippen molar-refractivity contribution < 1.29 is 4.52 Å². The Morgan fingerprint density at radius 1 is 1.33 bits per heavy atom. The first kappa shape index (κ1) is 16.2. The zero-order valence-electron chi connectivity index (χ0n) is 13.0. The van der Waals surface area contributed by atoms with E-state index in [-0.39, 0.29) is 5.41 Å². The molecule has 5 heteroatoms. The van der Waals surface area contributed by atoms with Gasteiger partial charge < -0.3 is 9.84 Å². The molecule has 0 fully saturated rings. The van der Waals surface area contributed by atoms with Gasteiger partial charge in [-0.1, -0.05) is 60.9 Å². The van der Waals surface area contributed by atoms with E-state index in [4.69, 9.17) is 4.52 Å². The Morgan fingerprint density at radius 2 is 2.10 bits per heavy atom. The second-order valence-electron chi connectivity index (χ2n) is 6.20. The zero-order valence-corrected chi connectivity index (χ0v) is 14.6. The van der Waals surface area contributed by atoms with Crippen LogP contribution in [0.4, 0.5) is 0 Å². The summed E-state index contributed by atoms with van der Waals surface area (Å²) in [6.07, 6.45) is 0.734. The van der Waals surface area contributed by atoms with Crippen LogP contribution < -0.4 is 5.32 Å². The molecule has 0 saturated heterocycles. The van der Waals surface area contributed by atoms with Crippen LogP contribution >= 0.6 is 15.9 Å². The van der Waals surface area contributed by atoms with Gasteiger partial charge >= 0.3 is 0 Å². The molecule has 0 radical (unpaired) electrons. The first-order valence-electron chi connectivity index (χ1n) is 7.22. The Kier molecular flexibility index (Phi) is 5.17. The molecule has 1 N–H and O–H groups in total. The van der Waals surface area contributed by atoms with Gasteiger partial charge in [0.15, 0.2) is 0 Å². The first-order valence-corrected chi connectivity index (χ1v) is 8.01. The van der Waals surface area contributed by atoms with Gasteiger partial charge in [0, 0.05) is 22.5 Å². The van der Waals surface area contributed by atoms with Crippen LogP contribution in [-0.4, -0.2) is 22.7 Å². The highest BCUT2D eigenvalue weighted by Gasteiger charge is 2.26. The molecule has 0 aliphatic heterocycles. The number of nitrogens with zero attached hydrogens (tertiary/aromatic N) is 2. The lowest BCUT2D eigenvalue weighted by atomic mass is 9.84. The Hall–Kier alpha value is -1.20. The van der Waals surface area contributed by atoms with Gasteiger partial charge in [-0.05, 0) is 24.1 Å². The molecular weight excluding hydrogens is 330 g/mol. The normalized spacial score (nSPS) is 13.4. The molecule has 114 valence electrons. The van der Waals surface area contributed by atoms with Crippen molar-refractivity contribution in [1.82, 2.24) is 15.5 Å². The van der Waals surface area contributed by atoms with E-state index in [1.807, 2.05) is 24.3 Å². The summed E-state index contributed by atoms with van der Waals surface area (Å²) >= 11 is 3.46. The van der Waals surface area contributed by atoms with Gasteiger partial charge in [-0.3, -0.25) is 0 Å². The van der Waals surface area contributed by atoms with Crippen molar-refractivity contribution in [2.24, 2.45) is 5.41 Å². The minimum Gasteiger partial charge on any atom is -0.339 e. The summed E-state index contributed by atoms with van der Waals surface area (Å²) in [6.45, 7) is 9.68. The molecular formula is C16H22BrN3O. The largest absolute Gasteiger partial charge is 0.339 e. The van der Waals surface area contributed by atoms with Crippen molar-refractivity contribution in [2.75, 3.05) is 6.54 Å². The van der Waals surface area contributed by atoms with E-state index >= 15 is 0 Å². The predicted octanol–water partition coefficient (Wildman–Crippen LogP) is 4.07. The van der Waals surface area contributed by atoms with E-state index in [9.17, 15) is 0 Å². The van der Waals surface area contributed by atoms with E-state index < -0.39 is 0 Å². The third-order valence-corrected chi connectivity index (χ3v) is 3.92. The van der Waals surface area contributed by atoms with Crippen LogP contribution in [0.25, 0.3) is 11.4 Å². The van der Waals surface area contributed by atoms with Gasteiger partial charge in [0.1, 0.15) is 0 Å². The van der Waals surface area contributed by atoms with Crippen molar-refractivity contribution in [3.05, 3.63) is 34.6 Å². The number of likely N-dealkylation sites (N-methyl/N-ethyl adjacent to an activating group) is 1. The van der Waals surface area contributed by atoms with Crippen molar-refractivity contribution in [1.29, 1.82) is 0 Å². The van der Waals surface area contributed by atoms with E-state index in [0.717, 1.165) is 23.0 Å². The number of halogens is 1. The van der Waals surface area contributed by atoms with Crippen LogP contribution in [0.2, 0.25) is 0 Å². The topological polar surface area (TPSA) is 51.0 Å². The van der Waals surface area contributed by atoms with Crippen molar-refractivity contribution >= 4 is 15.9 Å². The number of hydrogen-bond donors (Lipinski definition) is 1. The molecule has 0 aliphatic rings. The van der Waals surface area contributed by atoms with Crippen LogP contribution in [0.5, 0.6) is 0 Å². The maximum Gasteiger partial charge on any atom is 0.228 e. The Labute approximate surface area is 134 Å². The smallest absolute Gasteiger partial charge is 0.228 e. The lowest BCUT2D eigenvalue weighted by Crippen LogP contribution is -2.41. The highest BCUT2D eigenvalue weighted by Crippen LogP contribution is 2.24. The average Bonchev–Trinajstić information content (AvgIpc) is 2.86. The van der Waals surface area contributed by atoms with Crippen molar-refractivity contribution in [3.63, 3.8) is 0 Å². The summed E-state index contributed by atoms with van der Waals surface area (Å²) in [4.78, 5) is 4.52. The van der Waals surface area contributed by atoms with Crippen molar-refractivity contribution in [3.8, 4) is 11.4 Å². The zero-order chi connectivity index (χ0) is 15.5. The highest BCUT2D eigenvalue weighted by molar-refractivity contribution is 9.10. The number of benzene rings is 1. The van der Waals surface area contributed by atoms with E-state index in [1.54, 1.807) is 0 Å². The van der Waals surface area contributed by atoms with E-state index in [2.05, 4.69) is 59.1 Å². The van der Waals surface area contributed by atoms with Gasteiger partial charge in [-0.25, -0.2) is 0 Å². The van der Waals surface area contributed by atoms with Crippen LogP contribution in [-0.2, 0) is 6.42 Å². The summed E-state index contributed by atoms with van der Waals surface area (Å²) in [5.74, 6) is 1.31. The van der Waals surface area contributed by atoms with E-state index in [0.29, 0.717) is 17.8 Å². The minimum atomic E-state index is 0.139. The number of nitrogens with one attached hydrogen (secondary N) is 1. The lowest BCUT2D eigenvalue weighted by Gasteiger charge is -2.30. The summed E-state index contributed by atoms with van der Waals surface area (Å²) in [5.41, 5.74) is 1.09. The molecule has 21 heavy (non-hydrogen) atoms. The summed E-state index contributed by atoms with van der Waals surface area (Å²) in [6, 6.07) is 8.21. The second kappa shape index (κ2) is 6.71. The van der Waals surface area contributed by atoms with Crippen molar-refractivity contribution in [2.45, 2.75) is 40.2 Å². The third kappa shape index (κ3) is 4.38. The van der Waals surface area contributed by atoms with Gasteiger partial charge in [0.25, 0.3) is 0 Å². The molecule has 1 aromatic carbocycles. The second-order valence-corrected chi connectivity index (χ2v) is 7.12. The van der Waals surface area contributed by atoms with Crippen LogP contribution in [0, 0.1) is 5.41 Å². The molecule has 1 atom stereocenters. The molecule has 0 bridgehead atoms. The Bertz CT molecular complexity index is 589. The fraction of sp³-hybridized carbons (Fsp3) is 0.500. The molecule has 1 aromatic heterocycles. The molecule has 0 amide bonds. The monoisotopic (exact) mass is 351 g/mol. The molecule has 1 heterocycles. The minimum absolute atomic E-state index is 0.139. The maximum atomic E-state index is 5.41. The molecule has 2 rings (SSSR count). The Balaban J connectivity index is 2.16. The summed E-state index contributed by atoms with van der Waals surface area (Å²) in [5, 5.41) is 7.58. The number of rotatable bonds is 5. The molecule has 0 spiro atoms.